The van der Waals surface area contributed by atoms with Gasteiger partial charge in [-0.2, -0.15) is 0 Å². The third-order valence-electron chi connectivity index (χ3n) is 4.38. The molecular formula is C17H24N2O2. The number of nitrogens with zero attached hydrogens (tertiary/aromatic N) is 1. The number of hydrogen-bond acceptors (Lipinski definition) is 2. The first kappa shape index (κ1) is 15.5. The molecule has 2 unspecified atom stereocenters. The molecule has 0 radical (unpaired) electrons. The molecule has 2 rings (SSSR count). The van der Waals surface area contributed by atoms with Gasteiger partial charge in [-0.25, -0.2) is 0 Å². The third-order valence-corrected chi connectivity index (χ3v) is 4.38. The Bertz CT molecular complexity index is 515. The lowest BCUT2D eigenvalue weighted by atomic mass is 9.94. The Labute approximate surface area is 126 Å². The van der Waals surface area contributed by atoms with Gasteiger partial charge >= 0.3 is 0 Å². The van der Waals surface area contributed by atoms with Crippen LogP contribution in [0.25, 0.3) is 0 Å². The zero-order chi connectivity index (χ0) is 15.5. The molecule has 1 aromatic rings. The van der Waals surface area contributed by atoms with E-state index in [0.717, 1.165) is 12.0 Å². The second kappa shape index (κ2) is 6.29. The highest BCUT2D eigenvalue weighted by Crippen LogP contribution is 2.29. The quantitative estimate of drug-likeness (QED) is 0.926. The summed E-state index contributed by atoms with van der Waals surface area (Å²) in [5, 5.41) is 2.88. The molecule has 1 N–H and O–H groups in total. The number of nitrogens with one attached hydrogen (secondary N) is 1. The van der Waals surface area contributed by atoms with E-state index in [1.54, 1.807) is 0 Å². The molecular weight excluding hydrogens is 264 g/mol. The molecule has 1 heterocycles. The molecule has 0 spiro atoms. The lowest BCUT2D eigenvalue weighted by molar-refractivity contribution is -0.140. The smallest absolute Gasteiger partial charge is 0.248 e. The third kappa shape index (κ3) is 3.09. The number of amides is 2. The summed E-state index contributed by atoms with van der Waals surface area (Å²) in [7, 11) is 0. The van der Waals surface area contributed by atoms with E-state index < -0.39 is 5.54 Å². The van der Waals surface area contributed by atoms with E-state index in [9.17, 15) is 9.59 Å². The van der Waals surface area contributed by atoms with Crippen molar-refractivity contribution in [1.29, 1.82) is 0 Å². The number of carbonyl (C=O) groups is 2. The van der Waals surface area contributed by atoms with Crippen LogP contribution in [-0.2, 0) is 9.59 Å². The van der Waals surface area contributed by atoms with Crippen molar-refractivity contribution < 1.29 is 9.59 Å². The molecule has 0 saturated carbocycles. The Kier molecular flexibility index (Phi) is 4.66. The molecule has 1 aromatic carbocycles. The van der Waals surface area contributed by atoms with E-state index in [4.69, 9.17) is 0 Å². The molecule has 1 saturated heterocycles. The van der Waals surface area contributed by atoms with E-state index in [-0.39, 0.29) is 17.9 Å². The molecule has 1 aliphatic rings. The predicted octanol–water partition coefficient (Wildman–Crippen LogP) is 2.65. The monoisotopic (exact) mass is 288 g/mol. The van der Waals surface area contributed by atoms with Gasteiger partial charge in [-0.3, -0.25) is 9.59 Å². The number of benzene rings is 1. The van der Waals surface area contributed by atoms with E-state index in [2.05, 4.69) is 12.2 Å². The average Bonchev–Trinajstić information content (AvgIpc) is 2.61. The van der Waals surface area contributed by atoms with Gasteiger partial charge < -0.3 is 10.2 Å². The van der Waals surface area contributed by atoms with Crippen molar-refractivity contribution in [3.8, 4) is 0 Å². The SMILES string of the molecule is CCC(c1ccccc1)N1CCC(=O)NC(C)(CC)C1=O. The minimum absolute atomic E-state index is 0.0200. The van der Waals surface area contributed by atoms with Crippen molar-refractivity contribution in [2.75, 3.05) is 6.54 Å². The van der Waals surface area contributed by atoms with Crippen LogP contribution in [0.5, 0.6) is 0 Å². The first-order chi connectivity index (χ1) is 10.0. The Balaban J connectivity index is 2.35. The Morgan fingerprint density at radius 1 is 1.24 bits per heavy atom. The molecule has 1 fully saturated rings. The summed E-state index contributed by atoms with van der Waals surface area (Å²) >= 11 is 0. The predicted molar refractivity (Wildman–Crippen MR) is 82.6 cm³/mol. The minimum Gasteiger partial charge on any atom is -0.342 e. The van der Waals surface area contributed by atoms with Gasteiger partial charge in [0.15, 0.2) is 0 Å². The normalized spacial score (nSPS) is 24.4. The molecule has 4 nitrogen and oxygen atoms in total. The second-order valence-corrected chi connectivity index (χ2v) is 5.82. The van der Waals surface area contributed by atoms with Gasteiger partial charge in [-0.15, -0.1) is 0 Å². The summed E-state index contributed by atoms with van der Waals surface area (Å²) in [4.78, 5) is 26.7. The zero-order valence-electron chi connectivity index (χ0n) is 13.1. The summed E-state index contributed by atoms with van der Waals surface area (Å²) in [6, 6.07) is 10.1. The van der Waals surface area contributed by atoms with E-state index in [0.29, 0.717) is 19.4 Å². The molecule has 0 aliphatic carbocycles. The van der Waals surface area contributed by atoms with Gasteiger partial charge in [0, 0.05) is 13.0 Å². The number of rotatable bonds is 4. The van der Waals surface area contributed by atoms with Crippen LogP contribution >= 0.6 is 0 Å². The summed E-state index contributed by atoms with van der Waals surface area (Å²) in [6.07, 6.45) is 1.80. The summed E-state index contributed by atoms with van der Waals surface area (Å²) < 4.78 is 0. The second-order valence-electron chi connectivity index (χ2n) is 5.82. The fourth-order valence-electron chi connectivity index (χ4n) is 2.91. The lowest BCUT2D eigenvalue weighted by Gasteiger charge is -2.36. The van der Waals surface area contributed by atoms with Gasteiger partial charge in [0.1, 0.15) is 5.54 Å². The van der Waals surface area contributed by atoms with Crippen LogP contribution in [-0.4, -0.2) is 28.8 Å². The Morgan fingerprint density at radius 3 is 2.48 bits per heavy atom. The van der Waals surface area contributed by atoms with Crippen molar-refractivity contribution in [3.05, 3.63) is 35.9 Å². The molecule has 1 aliphatic heterocycles. The molecule has 2 amide bonds. The highest BCUT2D eigenvalue weighted by Gasteiger charge is 2.41. The topological polar surface area (TPSA) is 49.4 Å². The van der Waals surface area contributed by atoms with Crippen molar-refractivity contribution in [3.63, 3.8) is 0 Å². The van der Waals surface area contributed by atoms with Crippen molar-refractivity contribution in [2.24, 2.45) is 0 Å². The maximum absolute atomic E-state index is 12.9. The van der Waals surface area contributed by atoms with Crippen molar-refractivity contribution in [1.82, 2.24) is 10.2 Å². The van der Waals surface area contributed by atoms with Crippen LogP contribution in [0.4, 0.5) is 0 Å². The maximum atomic E-state index is 12.9. The Hall–Kier alpha value is -1.84. The van der Waals surface area contributed by atoms with E-state index in [1.807, 2.05) is 49.1 Å². The van der Waals surface area contributed by atoms with E-state index in [1.165, 1.54) is 0 Å². The zero-order valence-corrected chi connectivity index (χ0v) is 13.1. The van der Waals surface area contributed by atoms with Gasteiger partial charge in [-0.1, -0.05) is 44.2 Å². The largest absolute Gasteiger partial charge is 0.342 e. The fraction of sp³-hybridized carbons (Fsp3) is 0.529. The maximum Gasteiger partial charge on any atom is 0.248 e. The highest BCUT2D eigenvalue weighted by molar-refractivity contribution is 5.93. The molecule has 2 atom stereocenters. The van der Waals surface area contributed by atoms with Crippen LogP contribution < -0.4 is 5.32 Å². The van der Waals surface area contributed by atoms with Crippen molar-refractivity contribution >= 4 is 11.8 Å². The van der Waals surface area contributed by atoms with Crippen LogP contribution in [0.1, 0.15) is 51.6 Å². The average molecular weight is 288 g/mol. The highest BCUT2D eigenvalue weighted by atomic mass is 16.2. The molecule has 4 heteroatoms. The Morgan fingerprint density at radius 2 is 1.90 bits per heavy atom. The fourth-order valence-corrected chi connectivity index (χ4v) is 2.91. The summed E-state index contributed by atoms with van der Waals surface area (Å²) in [5.41, 5.74) is 0.330. The number of carbonyl (C=O) groups excluding carboxylic acids is 2. The molecule has 114 valence electrons. The van der Waals surface area contributed by atoms with Gasteiger partial charge in [0.2, 0.25) is 11.8 Å². The molecule has 0 aromatic heterocycles. The van der Waals surface area contributed by atoms with Crippen LogP contribution in [0.2, 0.25) is 0 Å². The van der Waals surface area contributed by atoms with E-state index >= 15 is 0 Å². The van der Waals surface area contributed by atoms with Crippen molar-refractivity contribution in [2.45, 2.75) is 51.6 Å². The van der Waals surface area contributed by atoms with Gasteiger partial charge in [-0.05, 0) is 25.3 Å². The molecule has 21 heavy (non-hydrogen) atoms. The summed E-state index contributed by atoms with van der Waals surface area (Å²) in [5.74, 6) is -0.0235. The summed E-state index contributed by atoms with van der Waals surface area (Å²) in [6.45, 7) is 6.32. The minimum atomic E-state index is -0.796. The van der Waals surface area contributed by atoms with Crippen LogP contribution in [0.3, 0.4) is 0 Å². The van der Waals surface area contributed by atoms with Gasteiger partial charge in [0.05, 0.1) is 6.04 Å². The first-order valence-electron chi connectivity index (χ1n) is 7.69. The standard InChI is InChI=1S/C17H24N2O2/c1-4-14(13-9-7-6-8-10-13)19-12-11-15(20)18-17(3,5-2)16(19)21/h6-10,14H,4-5,11-12H2,1-3H3,(H,18,20). The van der Waals surface area contributed by atoms with Gasteiger partial charge in [0.25, 0.3) is 0 Å². The number of hydrogen-bond donors (Lipinski definition) is 1. The van der Waals surface area contributed by atoms with Crippen LogP contribution in [0.15, 0.2) is 30.3 Å². The molecule has 0 bridgehead atoms. The first-order valence-corrected chi connectivity index (χ1v) is 7.69. The van der Waals surface area contributed by atoms with Crippen LogP contribution in [0, 0.1) is 0 Å². The lowest BCUT2D eigenvalue weighted by Crippen LogP contribution is -2.55.